The zero-order chi connectivity index (χ0) is 21.8. The molecule has 0 radical (unpaired) electrons. The molecular weight excluding hydrogens is 419 g/mol. The summed E-state index contributed by atoms with van der Waals surface area (Å²) in [6.45, 7) is 4.16. The lowest BCUT2D eigenvalue weighted by Crippen LogP contribution is -2.26. The summed E-state index contributed by atoms with van der Waals surface area (Å²) in [4.78, 5) is 13.4. The average Bonchev–Trinajstić information content (AvgIpc) is 2.67. The quantitative estimate of drug-likeness (QED) is 0.359. The number of hydrogen-bond acceptors (Lipinski definition) is 3. The average molecular weight is 445 g/mol. The van der Waals surface area contributed by atoms with Gasteiger partial charge < -0.3 is 10.2 Å². The Bertz CT molecular complexity index is 983. The van der Waals surface area contributed by atoms with Crippen molar-refractivity contribution in [3.8, 4) is 11.5 Å². The molecule has 158 valence electrons. The molecule has 0 saturated carbocycles. The first-order chi connectivity index (χ1) is 14.3. The fraction of sp³-hybridized carbons (Fsp3) is 0.320. The molecule has 3 rings (SSSR count). The van der Waals surface area contributed by atoms with Gasteiger partial charge in [0.2, 0.25) is 0 Å². The number of carbonyl (C=O) groups excluding carboxylic acids is 1. The van der Waals surface area contributed by atoms with Gasteiger partial charge in [0.15, 0.2) is 5.78 Å². The largest absolute Gasteiger partial charge is 0.507 e. The molecule has 2 atom stereocenters. The van der Waals surface area contributed by atoms with E-state index in [1.165, 1.54) is 29.3 Å². The van der Waals surface area contributed by atoms with Crippen molar-refractivity contribution in [3.63, 3.8) is 0 Å². The minimum Gasteiger partial charge on any atom is -0.507 e. The number of rotatable bonds is 6. The van der Waals surface area contributed by atoms with Crippen LogP contribution in [0, 0.1) is 5.92 Å². The Hall–Kier alpha value is -2.23. The van der Waals surface area contributed by atoms with Crippen molar-refractivity contribution < 1.29 is 15.0 Å². The second-order valence-corrected chi connectivity index (χ2v) is 8.88. The summed E-state index contributed by atoms with van der Waals surface area (Å²) in [5.41, 5.74) is 3.40. The number of halogens is 2. The number of allylic oxidation sites excluding steroid dienone is 4. The van der Waals surface area contributed by atoms with Gasteiger partial charge in [0.1, 0.15) is 17.1 Å². The molecule has 30 heavy (non-hydrogen) atoms. The maximum Gasteiger partial charge on any atom is 0.174 e. The highest BCUT2D eigenvalue weighted by atomic mass is 35.5. The molecule has 5 heteroatoms. The second kappa shape index (κ2) is 9.72. The van der Waals surface area contributed by atoms with Crippen molar-refractivity contribution in [1.29, 1.82) is 0 Å². The summed E-state index contributed by atoms with van der Waals surface area (Å²) in [5.74, 6) is -1.29. The maximum absolute atomic E-state index is 13.4. The number of hydrogen-bond donors (Lipinski definition) is 2. The smallest absolute Gasteiger partial charge is 0.174 e. The molecule has 0 bridgehead atoms. The van der Waals surface area contributed by atoms with Gasteiger partial charge in [-0.25, -0.2) is 0 Å². The number of ketones is 1. The molecule has 2 N–H and O–H groups in total. The summed E-state index contributed by atoms with van der Waals surface area (Å²) in [6.07, 6.45) is 7.44. The fourth-order valence-corrected chi connectivity index (χ4v) is 4.65. The monoisotopic (exact) mass is 444 g/mol. The number of aromatic hydroxyl groups is 2. The molecule has 1 aliphatic rings. The maximum atomic E-state index is 13.4. The van der Waals surface area contributed by atoms with Crippen molar-refractivity contribution in [1.82, 2.24) is 0 Å². The number of benzene rings is 2. The normalized spacial score (nSPS) is 18.6. The minimum absolute atomic E-state index is 0.0287. The zero-order valence-electron chi connectivity index (χ0n) is 17.2. The van der Waals surface area contributed by atoms with Gasteiger partial charge in [0.25, 0.3) is 0 Å². The standard InChI is InChI=1S/C25H26Cl2O3/c1-15(2)5-3-6-16-9-11-19(25(30)24-22(28)7-4-8-23(24)29)20(13-16)18-12-10-17(26)14-21(18)27/h4-5,7-10,12,14,19-20,28-29H,3,6,11,13H2,1-2H3/t19-,20+/m1/s1. The lowest BCUT2D eigenvalue weighted by molar-refractivity contribution is 0.0889. The lowest BCUT2D eigenvalue weighted by Gasteiger charge is -2.32. The third-order valence-electron chi connectivity index (χ3n) is 5.61. The van der Waals surface area contributed by atoms with Crippen LogP contribution in [0.2, 0.25) is 10.0 Å². The molecule has 0 heterocycles. The summed E-state index contributed by atoms with van der Waals surface area (Å²) >= 11 is 12.6. The number of phenols is 2. The van der Waals surface area contributed by atoms with Crippen LogP contribution in [0.25, 0.3) is 0 Å². The van der Waals surface area contributed by atoms with E-state index < -0.39 is 5.92 Å². The highest BCUT2D eigenvalue weighted by Gasteiger charge is 2.36. The van der Waals surface area contributed by atoms with E-state index in [2.05, 4.69) is 26.0 Å². The molecule has 0 unspecified atom stereocenters. The topological polar surface area (TPSA) is 57.5 Å². The Balaban J connectivity index is 1.97. The van der Waals surface area contributed by atoms with Gasteiger partial charge in [-0.3, -0.25) is 4.79 Å². The van der Waals surface area contributed by atoms with Crippen LogP contribution < -0.4 is 0 Å². The van der Waals surface area contributed by atoms with E-state index in [1.807, 2.05) is 6.07 Å². The summed E-state index contributed by atoms with van der Waals surface area (Å²) < 4.78 is 0. The van der Waals surface area contributed by atoms with Crippen LogP contribution in [0.1, 0.15) is 61.4 Å². The second-order valence-electron chi connectivity index (χ2n) is 8.04. The van der Waals surface area contributed by atoms with E-state index in [-0.39, 0.29) is 28.8 Å². The van der Waals surface area contributed by atoms with Crippen LogP contribution >= 0.6 is 23.2 Å². The van der Waals surface area contributed by atoms with Gasteiger partial charge in [-0.2, -0.15) is 0 Å². The predicted octanol–water partition coefficient (Wildman–Crippen LogP) is 7.45. The third kappa shape index (κ3) is 5.08. The summed E-state index contributed by atoms with van der Waals surface area (Å²) in [6, 6.07) is 9.69. The van der Waals surface area contributed by atoms with Crippen LogP contribution in [-0.4, -0.2) is 16.0 Å². The highest BCUT2D eigenvalue weighted by molar-refractivity contribution is 6.35. The third-order valence-corrected chi connectivity index (χ3v) is 6.17. The molecule has 2 aromatic carbocycles. The molecule has 0 spiro atoms. The zero-order valence-corrected chi connectivity index (χ0v) is 18.7. The Morgan fingerprint density at radius 3 is 2.47 bits per heavy atom. The summed E-state index contributed by atoms with van der Waals surface area (Å²) in [7, 11) is 0. The molecule has 2 aromatic rings. The molecule has 3 nitrogen and oxygen atoms in total. The van der Waals surface area contributed by atoms with Crippen LogP contribution in [0.4, 0.5) is 0 Å². The molecule has 0 amide bonds. The van der Waals surface area contributed by atoms with Crippen LogP contribution in [0.3, 0.4) is 0 Å². The first-order valence-electron chi connectivity index (χ1n) is 10.1. The molecule has 0 fully saturated rings. The van der Waals surface area contributed by atoms with E-state index >= 15 is 0 Å². The van der Waals surface area contributed by atoms with E-state index in [9.17, 15) is 15.0 Å². The van der Waals surface area contributed by atoms with E-state index in [4.69, 9.17) is 23.2 Å². The highest BCUT2D eigenvalue weighted by Crippen LogP contribution is 2.45. The van der Waals surface area contributed by atoms with Crippen molar-refractivity contribution in [2.45, 2.75) is 45.4 Å². The number of Topliss-reactive ketones (excluding diaryl/α,β-unsaturated/α-hetero) is 1. The van der Waals surface area contributed by atoms with Gasteiger partial charge >= 0.3 is 0 Å². The van der Waals surface area contributed by atoms with Crippen LogP contribution in [0.15, 0.2) is 59.7 Å². The molecule has 0 aliphatic heterocycles. The number of carbonyl (C=O) groups is 1. The summed E-state index contributed by atoms with van der Waals surface area (Å²) in [5, 5.41) is 21.5. The molecule has 1 aliphatic carbocycles. The lowest BCUT2D eigenvalue weighted by atomic mass is 9.72. The SMILES string of the molecule is CC(C)=CCCC1=CC[C@@H](C(=O)c2c(O)cccc2O)[C@H](c2ccc(Cl)cc2Cl)C1. The van der Waals surface area contributed by atoms with Crippen LogP contribution in [0.5, 0.6) is 11.5 Å². The Morgan fingerprint density at radius 1 is 1.13 bits per heavy atom. The van der Waals surface area contributed by atoms with Crippen molar-refractivity contribution >= 4 is 29.0 Å². The first-order valence-corrected chi connectivity index (χ1v) is 10.8. The van der Waals surface area contributed by atoms with Gasteiger partial charge in [0.05, 0.1) is 0 Å². The predicted molar refractivity (Wildman–Crippen MR) is 123 cm³/mol. The Labute approximate surface area is 187 Å². The van der Waals surface area contributed by atoms with Gasteiger partial charge in [-0.05, 0) is 75.3 Å². The fourth-order valence-electron chi connectivity index (χ4n) is 4.10. The minimum atomic E-state index is -0.435. The van der Waals surface area contributed by atoms with E-state index in [1.54, 1.807) is 12.1 Å². The van der Waals surface area contributed by atoms with Gasteiger partial charge in [0, 0.05) is 16.0 Å². The molecule has 0 aromatic heterocycles. The van der Waals surface area contributed by atoms with Crippen molar-refractivity contribution in [2.24, 2.45) is 5.92 Å². The van der Waals surface area contributed by atoms with Gasteiger partial charge in [-0.1, -0.05) is 58.6 Å². The molecule has 0 saturated heterocycles. The Kier molecular flexibility index (Phi) is 7.27. The van der Waals surface area contributed by atoms with Crippen molar-refractivity contribution in [3.05, 3.63) is 80.9 Å². The van der Waals surface area contributed by atoms with Gasteiger partial charge in [-0.15, -0.1) is 0 Å². The van der Waals surface area contributed by atoms with E-state index in [0.29, 0.717) is 22.9 Å². The van der Waals surface area contributed by atoms with Crippen LogP contribution in [-0.2, 0) is 0 Å². The molecular formula is C25H26Cl2O3. The van der Waals surface area contributed by atoms with Crippen molar-refractivity contribution in [2.75, 3.05) is 0 Å². The van der Waals surface area contributed by atoms with E-state index in [0.717, 1.165) is 18.4 Å². The Morgan fingerprint density at radius 2 is 1.83 bits per heavy atom. The first kappa shape index (κ1) is 22.5. The number of phenolic OH excluding ortho intramolecular Hbond substituents is 2.